The van der Waals surface area contributed by atoms with E-state index in [1.54, 1.807) is 18.3 Å². The SMILES string of the molecule is Cc1ccc(F)c(Oc2cnc(CNC3CC3)cn2)c1. The van der Waals surface area contributed by atoms with Crippen molar-refractivity contribution in [1.82, 2.24) is 15.3 Å². The Balaban J connectivity index is 1.66. The first kappa shape index (κ1) is 13.0. The zero-order chi connectivity index (χ0) is 13.9. The molecule has 5 heteroatoms. The Labute approximate surface area is 117 Å². The molecule has 1 aliphatic rings. The number of hydrogen-bond donors (Lipinski definition) is 1. The lowest BCUT2D eigenvalue weighted by atomic mass is 10.2. The van der Waals surface area contributed by atoms with Crippen LogP contribution < -0.4 is 10.1 Å². The fourth-order valence-corrected chi connectivity index (χ4v) is 1.82. The van der Waals surface area contributed by atoms with Crippen LogP contribution in [-0.2, 0) is 6.54 Å². The number of benzene rings is 1. The van der Waals surface area contributed by atoms with Gasteiger partial charge in [-0.05, 0) is 37.5 Å². The van der Waals surface area contributed by atoms with E-state index in [9.17, 15) is 4.39 Å². The fraction of sp³-hybridized carbons (Fsp3) is 0.333. The molecule has 3 rings (SSSR count). The second kappa shape index (κ2) is 5.54. The summed E-state index contributed by atoms with van der Waals surface area (Å²) in [5.41, 5.74) is 1.79. The molecule has 20 heavy (non-hydrogen) atoms. The molecule has 0 bridgehead atoms. The summed E-state index contributed by atoms with van der Waals surface area (Å²) in [7, 11) is 0. The fourth-order valence-electron chi connectivity index (χ4n) is 1.82. The van der Waals surface area contributed by atoms with Gasteiger partial charge in [0.15, 0.2) is 11.6 Å². The van der Waals surface area contributed by atoms with E-state index in [-0.39, 0.29) is 5.75 Å². The van der Waals surface area contributed by atoms with Gasteiger partial charge in [0, 0.05) is 12.6 Å². The number of aryl methyl sites for hydroxylation is 1. The molecule has 1 aliphatic carbocycles. The maximum absolute atomic E-state index is 13.6. The van der Waals surface area contributed by atoms with Crippen molar-refractivity contribution >= 4 is 0 Å². The molecule has 0 saturated heterocycles. The largest absolute Gasteiger partial charge is 0.434 e. The van der Waals surface area contributed by atoms with Crippen molar-refractivity contribution in [3.05, 3.63) is 47.7 Å². The average molecular weight is 273 g/mol. The van der Waals surface area contributed by atoms with Crippen LogP contribution in [0.15, 0.2) is 30.6 Å². The Morgan fingerprint density at radius 1 is 1.30 bits per heavy atom. The minimum absolute atomic E-state index is 0.170. The van der Waals surface area contributed by atoms with Gasteiger partial charge >= 0.3 is 0 Å². The van der Waals surface area contributed by atoms with Gasteiger partial charge in [0.1, 0.15) is 0 Å². The zero-order valence-electron chi connectivity index (χ0n) is 11.3. The van der Waals surface area contributed by atoms with Crippen LogP contribution in [0.4, 0.5) is 4.39 Å². The van der Waals surface area contributed by atoms with Gasteiger partial charge in [-0.15, -0.1) is 0 Å². The molecule has 1 fully saturated rings. The van der Waals surface area contributed by atoms with Crippen LogP contribution in [-0.4, -0.2) is 16.0 Å². The number of nitrogens with one attached hydrogen (secondary N) is 1. The zero-order valence-corrected chi connectivity index (χ0v) is 11.3. The van der Waals surface area contributed by atoms with Gasteiger partial charge < -0.3 is 10.1 Å². The molecule has 1 saturated carbocycles. The molecule has 0 amide bonds. The molecule has 104 valence electrons. The smallest absolute Gasteiger partial charge is 0.237 e. The number of rotatable bonds is 5. The van der Waals surface area contributed by atoms with E-state index in [2.05, 4.69) is 15.3 Å². The molecule has 0 aliphatic heterocycles. The molecule has 2 aromatic rings. The number of ether oxygens (including phenoxy) is 1. The quantitative estimate of drug-likeness (QED) is 0.909. The molecule has 0 radical (unpaired) electrons. The Hall–Kier alpha value is -2.01. The molecule has 1 aromatic heterocycles. The van der Waals surface area contributed by atoms with Crippen LogP contribution in [0, 0.1) is 12.7 Å². The molecule has 0 atom stereocenters. The molecule has 4 nitrogen and oxygen atoms in total. The summed E-state index contributed by atoms with van der Waals surface area (Å²) in [6.45, 7) is 2.58. The molecule has 1 aromatic carbocycles. The third-order valence-electron chi connectivity index (χ3n) is 3.13. The highest BCUT2D eigenvalue weighted by Crippen LogP contribution is 2.23. The van der Waals surface area contributed by atoms with Crippen molar-refractivity contribution in [3.8, 4) is 11.6 Å². The van der Waals surface area contributed by atoms with Gasteiger partial charge in [0.25, 0.3) is 0 Å². The summed E-state index contributed by atoms with van der Waals surface area (Å²) in [5, 5.41) is 3.36. The van der Waals surface area contributed by atoms with Gasteiger partial charge in [-0.25, -0.2) is 9.37 Å². The summed E-state index contributed by atoms with van der Waals surface area (Å²) in [5.74, 6) is 0.0599. The van der Waals surface area contributed by atoms with Gasteiger partial charge in [-0.2, -0.15) is 0 Å². The number of halogens is 1. The highest BCUT2D eigenvalue weighted by atomic mass is 19.1. The van der Waals surface area contributed by atoms with Gasteiger partial charge in [-0.1, -0.05) is 6.07 Å². The molecule has 0 unspecified atom stereocenters. The van der Waals surface area contributed by atoms with E-state index < -0.39 is 5.82 Å². The summed E-state index contributed by atoms with van der Waals surface area (Å²) < 4.78 is 19.0. The minimum Gasteiger partial charge on any atom is -0.434 e. The van der Waals surface area contributed by atoms with Crippen LogP contribution in [0.2, 0.25) is 0 Å². The van der Waals surface area contributed by atoms with Gasteiger partial charge in [0.2, 0.25) is 5.88 Å². The van der Waals surface area contributed by atoms with Gasteiger partial charge in [-0.3, -0.25) is 4.98 Å². The summed E-state index contributed by atoms with van der Waals surface area (Å²) in [6.07, 6.45) is 5.65. The third-order valence-corrected chi connectivity index (χ3v) is 3.13. The standard InChI is InChI=1S/C15H16FN3O/c1-10-2-5-13(16)14(6-10)20-15-9-18-12(8-19-15)7-17-11-3-4-11/h2,5-6,8-9,11,17H,3-4,7H2,1H3. The number of aromatic nitrogens is 2. The molecule has 0 spiro atoms. The van der Waals surface area contributed by atoms with E-state index in [0.29, 0.717) is 18.5 Å². The van der Waals surface area contributed by atoms with Crippen molar-refractivity contribution in [2.75, 3.05) is 0 Å². The first-order valence-corrected chi connectivity index (χ1v) is 6.69. The van der Waals surface area contributed by atoms with E-state index in [0.717, 1.165) is 11.3 Å². The normalized spacial score (nSPS) is 14.3. The maximum atomic E-state index is 13.6. The number of nitrogens with zero attached hydrogens (tertiary/aromatic N) is 2. The Morgan fingerprint density at radius 2 is 2.15 bits per heavy atom. The van der Waals surface area contributed by atoms with Crippen LogP contribution in [0.5, 0.6) is 11.6 Å². The van der Waals surface area contributed by atoms with Gasteiger partial charge in [0.05, 0.1) is 18.1 Å². The van der Waals surface area contributed by atoms with Crippen molar-refractivity contribution in [1.29, 1.82) is 0 Å². The van der Waals surface area contributed by atoms with Crippen LogP contribution in [0.1, 0.15) is 24.1 Å². The van der Waals surface area contributed by atoms with E-state index in [1.165, 1.54) is 25.1 Å². The lowest BCUT2D eigenvalue weighted by Gasteiger charge is -2.07. The van der Waals surface area contributed by atoms with E-state index in [4.69, 9.17) is 4.74 Å². The highest BCUT2D eigenvalue weighted by molar-refractivity contribution is 5.32. The minimum atomic E-state index is -0.406. The predicted octanol–water partition coefficient (Wildman–Crippen LogP) is 2.97. The lowest BCUT2D eigenvalue weighted by molar-refractivity contribution is 0.424. The van der Waals surface area contributed by atoms with Crippen molar-refractivity contribution in [2.45, 2.75) is 32.4 Å². The van der Waals surface area contributed by atoms with Crippen LogP contribution in [0.3, 0.4) is 0 Å². The third kappa shape index (κ3) is 3.30. The lowest BCUT2D eigenvalue weighted by Crippen LogP contribution is -2.16. The maximum Gasteiger partial charge on any atom is 0.237 e. The molecular formula is C15H16FN3O. The first-order valence-electron chi connectivity index (χ1n) is 6.69. The topological polar surface area (TPSA) is 47.0 Å². The monoisotopic (exact) mass is 273 g/mol. The molecule has 1 N–H and O–H groups in total. The Morgan fingerprint density at radius 3 is 2.85 bits per heavy atom. The average Bonchev–Trinajstić information content (AvgIpc) is 3.26. The molecule has 1 heterocycles. The van der Waals surface area contributed by atoms with Crippen LogP contribution >= 0.6 is 0 Å². The van der Waals surface area contributed by atoms with Crippen molar-refractivity contribution < 1.29 is 9.13 Å². The first-order chi connectivity index (χ1) is 9.70. The summed E-state index contributed by atoms with van der Waals surface area (Å²) >= 11 is 0. The van der Waals surface area contributed by atoms with E-state index in [1.807, 2.05) is 6.92 Å². The second-order valence-electron chi connectivity index (χ2n) is 5.04. The molecular weight excluding hydrogens is 257 g/mol. The van der Waals surface area contributed by atoms with E-state index >= 15 is 0 Å². The second-order valence-corrected chi connectivity index (χ2v) is 5.04. The van der Waals surface area contributed by atoms with Crippen LogP contribution in [0.25, 0.3) is 0 Å². The van der Waals surface area contributed by atoms with Crippen molar-refractivity contribution in [3.63, 3.8) is 0 Å². The Bertz CT molecular complexity index is 597. The number of hydrogen-bond acceptors (Lipinski definition) is 4. The Kier molecular flexibility index (Phi) is 3.60. The highest BCUT2D eigenvalue weighted by Gasteiger charge is 2.20. The van der Waals surface area contributed by atoms with Crippen molar-refractivity contribution in [2.24, 2.45) is 0 Å². The summed E-state index contributed by atoms with van der Waals surface area (Å²) in [6, 6.07) is 5.35. The summed E-state index contributed by atoms with van der Waals surface area (Å²) in [4.78, 5) is 8.41. The predicted molar refractivity (Wildman–Crippen MR) is 73.1 cm³/mol.